The average molecular weight is 282 g/mol. The lowest BCUT2D eigenvalue weighted by molar-refractivity contribution is -0.384. The van der Waals surface area contributed by atoms with Crippen molar-refractivity contribution in [2.45, 2.75) is 0 Å². The highest BCUT2D eigenvalue weighted by Gasteiger charge is 2.12. The van der Waals surface area contributed by atoms with E-state index in [-0.39, 0.29) is 11.6 Å². The van der Waals surface area contributed by atoms with Crippen LogP contribution in [0.5, 0.6) is 5.88 Å². The summed E-state index contributed by atoms with van der Waals surface area (Å²) in [6.07, 6.45) is 1.60. The predicted molar refractivity (Wildman–Crippen MR) is 75.1 cm³/mol. The molecule has 0 amide bonds. The van der Waals surface area contributed by atoms with Gasteiger partial charge in [-0.3, -0.25) is 10.1 Å². The second-order valence-corrected chi connectivity index (χ2v) is 4.29. The monoisotopic (exact) mass is 282 g/mol. The number of nitrogens with zero attached hydrogens (tertiary/aromatic N) is 4. The third kappa shape index (κ3) is 2.44. The van der Waals surface area contributed by atoms with Crippen LogP contribution >= 0.6 is 0 Å². The Kier molecular flexibility index (Phi) is 3.07. The Balaban J connectivity index is 1.99. The first-order chi connectivity index (χ1) is 10.1. The maximum absolute atomic E-state index is 10.6. The Morgan fingerprint density at radius 1 is 1.14 bits per heavy atom. The van der Waals surface area contributed by atoms with Gasteiger partial charge in [0.05, 0.1) is 10.6 Å². The Hall–Kier alpha value is -3.22. The normalized spacial score (nSPS) is 10.5. The smallest absolute Gasteiger partial charge is 0.269 e. The van der Waals surface area contributed by atoms with Gasteiger partial charge in [0.15, 0.2) is 5.82 Å². The molecule has 0 bridgehead atoms. The molecule has 21 heavy (non-hydrogen) atoms. The predicted octanol–water partition coefficient (Wildman–Crippen LogP) is 2.55. The molecule has 0 atom stereocenters. The molecule has 0 saturated heterocycles. The quantitative estimate of drug-likeness (QED) is 0.588. The maximum Gasteiger partial charge on any atom is 0.269 e. The number of rotatable bonds is 3. The van der Waals surface area contributed by atoms with Crippen molar-refractivity contribution in [2.75, 3.05) is 0 Å². The summed E-state index contributed by atoms with van der Waals surface area (Å²) < 4.78 is 1.30. The summed E-state index contributed by atoms with van der Waals surface area (Å²) in [4.78, 5) is 14.3. The lowest BCUT2D eigenvalue weighted by Crippen LogP contribution is -1.98. The number of benzene rings is 1. The summed E-state index contributed by atoms with van der Waals surface area (Å²) in [5.74, 6) is 0.435. The highest BCUT2D eigenvalue weighted by molar-refractivity contribution is 5.62. The Labute approximate surface area is 119 Å². The van der Waals surface area contributed by atoms with Gasteiger partial charge < -0.3 is 5.11 Å². The van der Waals surface area contributed by atoms with Gasteiger partial charge in [0.1, 0.15) is 0 Å². The molecular weight excluding hydrogens is 272 g/mol. The van der Waals surface area contributed by atoms with Gasteiger partial charge in [0.2, 0.25) is 5.88 Å². The lowest BCUT2D eigenvalue weighted by atomic mass is 10.1. The van der Waals surface area contributed by atoms with Crippen molar-refractivity contribution in [3.63, 3.8) is 0 Å². The van der Waals surface area contributed by atoms with E-state index in [0.717, 1.165) is 0 Å². The number of hydrogen-bond donors (Lipinski definition) is 1. The fraction of sp³-hybridized carbons (Fsp3) is 0. The van der Waals surface area contributed by atoms with Crippen molar-refractivity contribution in [1.29, 1.82) is 0 Å². The maximum atomic E-state index is 10.6. The van der Waals surface area contributed by atoms with Crippen LogP contribution in [-0.2, 0) is 0 Å². The molecule has 0 aliphatic rings. The van der Waals surface area contributed by atoms with Crippen LogP contribution in [0.4, 0.5) is 5.69 Å². The zero-order valence-corrected chi connectivity index (χ0v) is 10.7. The molecule has 7 heteroatoms. The van der Waals surface area contributed by atoms with Gasteiger partial charge in [0.25, 0.3) is 5.69 Å². The summed E-state index contributed by atoms with van der Waals surface area (Å²) >= 11 is 0. The van der Waals surface area contributed by atoms with E-state index in [1.165, 1.54) is 22.9 Å². The zero-order valence-electron chi connectivity index (χ0n) is 10.7. The molecule has 1 N–H and O–H groups in total. The Morgan fingerprint density at radius 3 is 2.52 bits per heavy atom. The molecule has 0 spiro atoms. The van der Waals surface area contributed by atoms with Gasteiger partial charge in [-0.25, -0.2) is 4.98 Å². The first kappa shape index (κ1) is 12.8. The minimum Gasteiger partial charge on any atom is -0.493 e. The molecular formula is C14H10N4O3. The molecule has 1 aromatic carbocycles. The standard InChI is InChI=1S/C14H10N4O3/c19-14-9-12(10-4-6-11(7-5-10)18(20)21)16-17(14)13-3-1-2-8-15-13/h1-9,19H. The topological polar surface area (TPSA) is 94.1 Å². The minimum atomic E-state index is -0.465. The second-order valence-electron chi connectivity index (χ2n) is 4.29. The summed E-state index contributed by atoms with van der Waals surface area (Å²) in [7, 11) is 0. The fourth-order valence-corrected chi connectivity index (χ4v) is 1.91. The molecule has 7 nitrogen and oxygen atoms in total. The van der Waals surface area contributed by atoms with Crippen LogP contribution in [0.1, 0.15) is 0 Å². The first-order valence-electron chi connectivity index (χ1n) is 6.10. The minimum absolute atomic E-state index is 0.00660. The van der Waals surface area contributed by atoms with Gasteiger partial charge in [-0.1, -0.05) is 6.07 Å². The van der Waals surface area contributed by atoms with Gasteiger partial charge in [-0.2, -0.15) is 9.78 Å². The van der Waals surface area contributed by atoms with E-state index in [9.17, 15) is 15.2 Å². The van der Waals surface area contributed by atoms with Crippen LogP contribution in [0.3, 0.4) is 0 Å². The number of nitro benzene ring substituents is 1. The largest absolute Gasteiger partial charge is 0.493 e. The highest BCUT2D eigenvalue weighted by Crippen LogP contribution is 2.26. The summed E-state index contributed by atoms with van der Waals surface area (Å²) in [5, 5.41) is 24.8. The van der Waals surface area contributed by atoms with Crippen molar-refractivity contribution in [2.24, 2.45) is 0 Å². The molecule has 2 heterocycles. The van der Waals surface area contributed by atoms with Crippen LogP contribution < -0.4 is 0 Å². The molecule has 0 unspecified atom stereocenters. The first-order valence-corrected chi connectivity index (χ1v) is 6.10. The third-order valence-electron chi connectivity index (χ3n) is 2.93. The molecule has 0 aliphatic carbocycles. The molecule has 104 valence electrons. The third-order valence-corrected chi connectivity index (χ3v) is 2.93. The van der Waals surface area contributed by atoms with Crippen LogP contribution in [0, 0.1) is 10.1 Å². The summed E-state index contributed by atoms with van der Waals surface area (Å²) in [5.41, 5.74) is 1.19. The molecule has 0 fully saturated rings. The van der Waals surface area contributed by atoms with Crippen LogP contribution in [0.2, 0.25) is 0 Å². The van der Waals surface area contributed by atoms with E-state index in [2.05, 4.69) is 10.1 Å². The van der Waals surface area contributed by atoms with Crippen LogP contribution in [0.25, 0.3) is 17.1 Å². The van der Waals surface area contributed by atoms with Crippen molar-refractivity contribution >= 4 is 5.69 Å². The van der Waals surface area contributed by atoms with E-state index < -0.39 is 4.92 Å². The van der Waals surface area contributed by atoms with Crippen molar-refractivity contribution < 1.29 is 10.0 Å². The average Bonchev–Trinajstić information content (AvgIpc) is 2.90. The van der Waals surface area contributed by atoms with E-state index >= 15 is 0 Å². The van der Waals surface area contributed by atoms with Gasteiger partial charge in [-0.05, 0) is 24.3 Å². The zero-order chi connectivity index (χ0) is 14.8. The van der Waals surface area contributed by atoms with E-state index in [0.29, 0.717) is 17.1 Å². The summed E-state index contributed by atoms with van der Waals surface area (Å²) in [6, 6.07) is 12.7. The second kappa shape index (κ2) is 5.04. The molecule has 3 rings (SSSR count). The fourth-order valence-electron chi connectivity index (χ4n) is 1.91. The van der Waals surface area contributed by atoms with E-state index in [4.69, 9.17) is 0 Å². The number of aromatic nitrogens is 3. The van der Waals surface area contributed by atoms with Crippen LogP contribution in [-0.4, -0.2) is 24.8 Å². The summed E-state index contributed by atoms with van der Waals surface area (Å²) in [6.45, 7) is 0. The van der Waals surface area contributed by atoms with Crippen molar-refractivity contribution in [3.05, 3.63) is 64.8 Å². The van der Waals surface area contributed by atoms with Gasteiger partial charge >= 0.3 is 0 Å². The highest BCUT2D eigenvalue weighted by atomic mass is 16.6. The molecule has 0 aliphatic heterocycles. The van der Waals surface area contributed by atoms with E-state index in [1.807, 2.05) is 0 Å². The lowest BCUT2D eigenvalue weighted by Gasteiger charge is -2.00. The van der Waals surface area contributed by atoms with Crippen molar-refractivity contribution in [3.8, 4) is 23.0 Å². The van der Waals surface area contributed by atoms with Crippen LogP contribution in [0.15, 0.2) is 54.7 Å². The molecule has 3 aromatic rings. The molecule has 0 saturated carbocycles. The van der Waals surface area contributed by atoms with E-state index in [1.54, 1.807) is 36.5 Å². The van der Waals surface area contributed by atoms with Gasteiger partial charge in [-0.15, -0.1) is 0 Å². The number of non-ortho nitro benzene ring substituents is 1. The Bertz CT molecular complexity index is 782. The Morgan fingerprint density at radius 2 is 1.90 bits per heavy atom. The number of hydrogen-bond acceptors (Lipinski definition) is 5. The van der Waals surface area contributed by atoms with Crippen molar-refractivity contribution in [1.82, 2.24) is 14.8 Å². The number of pyridine rings is 1. The number of nitro groups is 1. The number of aromatic hydroxyl groups is 1. The molecule has 2 aromatic heterocycles. The molecule has 0 radical (unpaired) electrons. The van der Waals surface area contributed by atoms with Gasteiger partial charge in [0, 0.05) is 30.0 Å². The SMILES string of the molecule is O=[N+]([O-])c1ccc(-c2cc(O)n(-c3ccccn3)n2)cc1.